The Labute approximate surface area is 110 Å². The van der Waals surface area contributed by atoms with E-state index in [0.29, 0.717) is 12.3 Å². The van der Waals surface area contributed by atoms with E-state index < -0.39 is 12.0 Å². The molecule has 0 rings (SSSR count). The standard InChI is InChI=1S/C13H26N2O3/c1-6-11(12(16)17)15(5)13(18)14-10(4)8-7-9(2)3/h9-11H,6-8H2,1-5H3,(H,14,18)(H,16,17). The maximum Gasteiger partial charge on any atom is 0.326 e. The van der Waals surface area contributed by atoms with Crippen LogP contribution >= 0.6 is 0 Å². The van der Waals surface area contributed by atoms with E-state index >= 15 is 0 Å². The fraction of sp³-hybridized carbons (Fsp3) is 0.846. The first-order valence-electron chi connectivity index (χ1n) is 6.55. The molecule has 0 aromatic rings. The second-order valence-corrected chi connectivity index (χ2v) is 5.19. The SMILES string of the molecule is CCC(C(=O)O)N(C)C(=O)NC(C)CCC(C)C. The Morgan fingerprint density at radius 1 is 1.22 bits per heavy atom. The summed E-state index contributed by atoms with van der Waals surface area (Å²) in [4.78, 5) is 24.1. The molecule has 0 saturated carbocycles. The number of urea groups is 1. The van der Waals surface area contributed by atoms with Crippen LogP contribution in [0.5, 0.6) is 0 Å². The van der Waals surface area contributed by atoms with E-state index in [1.54, 1.807) is 6.92 Å². The van der Waals surface area contributed by atoms with Crippen molar-refractivity contribution >= 4 is 12.0 Å². The molecular formula is C13H26N2O3. The van der Waals surface area contributed by atoms with Gasteiger partial charge in [0.25, 0.3) is 0 Å². The number of aliphatic carboxylic acids is 1. The third-order valence-corrected chi connectivity index (χ3v) is 3.01. The van der Waals surface area contributed by atoms with Crippen LogP contribution in [0.1, 0.15) is 47.0 Å². The first kappa shape index (κ1) is 16.7. The first-order valence-corrected chi connectivity index (χ1v) is 6.55. The van der Waals surface area contributed by atoms with Crippen LogP contribution in [0.15, 0.2) is 0 Å². The van der Waals surface area contributed by atoms with Crippen molar-refractivity contribution in [2.75, 3.05) is 7.05 Å². The van der Waals surface area contributed by atoms with Gasteiger partial charge >= 0.3 is 12.0 Å². The molecule has 0 aliphatic heterocycles. The second-order valence-electron chi connectivity index (χ2n) is 5.19. The van der Waals surface area contributed by atoms with Gasteiger partial charge in [-0.2, -0.15) is 0 Å². The summed E-state index contributed by atoms with van der Waals surface area (Å²) in [6, 6.07) is -1.02. The maximum absolute atomic E-state index is 11.9. The normalized spacial score (nSPS) is 14.1. The quantitative estimate of drug-likeness (QED) is 0.736. The number of rotatable bonds is 7. The molecule has 2 atom stereocenters. The monoisotopic (exact) mass is 258 g/mol. The molecule has 5 nitrogen and oxygen atoms in total. The number of hydrogen-bond donors (Lipinski definition) is 2. The van der Waals surface area contributed by atoms with Crippen molar-refractivity contribution in [3.05, 3.63) is 0 Å². The number of amides is 2. The maximum atomic E-state index is 11.9. The van der Waals surface area contributed by atoms with Crippen molar-refractivity contribution in [1.29, 1.82) is 0 Å². The lowest BCUT2D eigenvalue weighted by atomic mass is 10.0. The Morgan fingerprint density at radius 2 is 1.78 bits per heavy atom. The molecule has 0 fully saturated rings. The number of likely N-dealkylation sites (N-methyl/N-ethyl adjacent to an activating group) is 1. The highest BCUT2D eigenvalue weighted by molar-refractivity contribution is 5.82. The summed E-state index contributed by atoms with van der Waals surface area (Å²) < 4.78 is 0. The molecule has 18 heavy (non-hydrogen) atoms. The Balaban J connectivity index is 4.26. The van der Waals surface area contributed by atoms with Gasteiger partial charge in [-0.15, -0.1) is 0 Å². The molecule has 0 heterocycles. The highest BCUT2D eigenvalue weighted by Gasteiger charge is 2.25. The van der Waals surface area contributed by atoms with Crippen LogP contribution < -0.4 is 5.32 Å². The van der Waals surface area contributed by atoms with Crippen molar-refractivity contribution < 1.29 is 14.7 Å². The second kappa shape index (κ2) is 7.95. The molecule has 5 heteroatoms. The summed E-state index contributed by atoms with van der Waals surface area (Å²) in [5.74, 6) is -0.366. The molecule has 0 aliphatic rings. The van der Waals surface area contributed by atoms with Crippen molar-refractivity contribution in [2.24, 2.45) is 5.92 Å². The van der Waals surface area contributed by atoms with Crippen molar-refractivity contribution in [3.8, 4) is 0 Å². The number of carboxylic acid groups (broad SMARTS) is 1. The van der Waals surface area contributed by atoms with E-state index in [2.05, 4.69) is 19.2 Å². The number of hydrogen-bond acceptors (Lipinski definition) is 2. The molecule has 0 aromatic heterocycles. The highest BCUT2D eigenvalue weighted by Crippen LogP contribution is 2.08. The Morgan fingerprint density at radius 3 is 2.17 bits per heavy atom. The van der Waals surface area contributed by atoms with Crippen LogP contribution in [-0.4, -0.2) is 41.1 Å². The molecule has 0 bridgehead atoms. The van der Waals surface area contributed by atoms with E-state index in [4.69, 9.17) is 5.11 Å². The number of carbonyl (C=O) groups is 2. The van der Waals surface area contributed by atoms with Crippen molar-refractivity contribution in [3.63, 3.8) is 0 Å². The fourth-order valence-electron chi connectivity index (χ4n) is 1.72. The smallest absolute Gasteiger partial charge is 0.326 e. The zero-order valence-corrected chi connectivity index (χ0v) is 12.1. The number of carbonyl (C=O) groups excluding carboxylic acids is 1. The van der Waals surface area contributed by atoms with Crippen LogP contribution in [-0.2, 0) is 4.79 Å². The number of carboxylic acids is 1. The van der Waals surface area contributed by atoms with Crippen LogP contribution in [0.4, 0.5) is 4.79 Å². The molecule has 0 saturated heterocycles. The molecular weight excluding hydrogens is 232 g/mol. The van der Waals surface area contributed by atoms with Gasteiger partial charge in [-0.3, -0.25) is 0 Å². The molecule has 0 radical (unpaired) electrons. The summed E-state index contributed by atoms with van der Waals surface area (Å²) in [5, 5.41) is 11.8. The van der Waals surface area contributed by atoms with Crippen molar-refractivity contribution in [1.82, 2.24) is 10.2 Å². The fourth-order valence-corrected chi connectivity index (χ4v) is 1.72. The van der Waals surface area contributed by atoms with Crippen LogP contribution in [0.3, 0.4) is 0 Å². The lowest BCUT2D eigenvalue weighted by molar-refractivity contribution is -0.141. The van der Waals surface area contributed by atoms with Gasteiger partial charge in [0.1, 0.15) is 6.04 Å². The summed E-state index contributed by atoms with van der Waals surface area (Å²) >= 11 is 0. The zero-order valence-electron chi connectivity index (χ0n) is 12.1. The Kier molecular flexibility index (Phi) is 7.39. The molecule has 2 N–H and O–H groups in total. The first-order chi connectivity index (χ1) is 8.29. The van der Waals surface area contributed by atoms with E-state index in [1.807, 2.05) is 6.92 Å². The van der Waals surface area contributed by atoms with Crippen LogP contribution in [0, 0.1) is 5.92 Å². The summed E-state index contributed by atoms with van der Waals surface area (Å²) in [6.07, 6.45) is 2.35. The van der Waals surface area contributed by atoms with Gasteiger partial charge < -0.3 is 15.3 Å². The van der Waals surface area contributed by atoms with Gasteiger partial charge in [-0.1, -0.05) is 20.8 Å². The minimum absolute atomic E-state index is 0.0636. The van der Waals surface area contributed by atoms with Gasteiger partial charge in [0.2, 0.25) is 0 Å². The summed E-state index contributed by atoms with van der Waals surface area (Å²) in [5.41, 5.74) is 0. The topological polar surface area (TPSA) is 69.6 Å². The van der Waals surface area contributed by atoms with Gasteiger partial charge in [0, 0.05) is 13.1 Å². The Hall–Kier alpha value is -1.26. The van der Waals surface area contributed by atoms with Crippen molar-refractivity contribution in [2.45, 2.75) is 59.0 Å². The average Bonchev–Trinajstić information content (AvgIpc) is 2.26. The van der Waals surface area contributed by atoms with E-state index in [0.717, 1.165) is 12.8 Å². The average molecular weight is 258 g/mol. The molecule has 106 valence electrons. The predicted molar refractivity (Wildman–Crippen MR) is 71.5 cm³/mol. The number of nitrogens with one attached hydrogen (secondary N) is 1. The minimum atomic E-state index is -0.968. The third-order valence-electron chi connectivity index (χ3n) is 3.01. The van der Waals surface area contributed by atoms with Gasteiger partial charge in [0.15, 0.2) is 0 Å². The molecule has 0 aromatic carbocycles. The molecule has 2 amide bonds. The summed E-state index contributed by atoms with van der Waals surface area (Å²) in [7, 11) is 1.52. The summed E-state index contributed by atoms with van der Waals surface area (Å²) in [6.45, 7) is 7.97. The lowest BCUT2D eigenvalue weighted by Crippen LogP contribution is -2.49. The van der Waals surface area contributed by atoms with Crippen LogP contribution in [0.25, 0.3) is 0 Å². The highest BCUT2D eigenvalue weighted by atomic mass is 16.4. The molecule has 0 aliphatic carbocycles. The Bertz CT molecular complexity index is 279. The molecule has 0 spiro atoms. The third kappa shape index (κ3) is 5.89. The van der Waals surface area contributed by atoms with E-state index in [-0.39, 0.29) is 12.1 Å². The molecule has 2 unspecified atom stereocenters. The van der Waals surface area contributed by atoms with Crippen LogP contribution in [0.2, 0.25) is 0 Å². The number of nitrogens with zero attached hydrogens (tertiary/aromatic N) is 1. The minimum Gasteiger partial charge on any atom is -0.480 e. The van der Waals surface area contributed by atoms with Gasteiger partial charge in [-0.25, -0.2) is 9.59 Å². The zero-order chi connectivity index (χ0) is 14.3. The lowest BCUT2D eigenvalue weighted by Gasteiger charge is -2.26. The predicted octanol–water partition coefficient (Wildman–Crippen LogP) is 2.32. The largest absolute Gasteiger partial charge is 0.480 e. The van der Waals surface area contributed by atoms with E-state index in [1.165, 1.54) is 11.9 Å². The van der Waals surface area contributed by atoms with E-state index in [9.17, 15) is 9.59 Å². The van der Waals surface area contributed by atoms with Gasteiger partial charge in [0.05, 0.1) is 0 Å². The van der Waals surface area contributed by atoms with Gasteiger partial charge in [-0.05, 0) is 32.1 Å².